The van der Waals surface area contributed by atoms with E-state index < -0.39 is 83.1 Å². The molecule has 3 aliphatic rings. The van der Waals surface area contributed by atoms with Crippen LogP contribution in [0, 0.1) is 29.6 Å². The van der Waals surface area contributed by atoms with Crippen LogP contribution in [0.2, 0.25) is 0 Å². The Morgan fingerprint density at radius 1 is 1.11 bits per heavy atom. The number of fused-ring (bicyclic) bond motifs is 5. The standard InChI is InChI=1S/C45H68N6O10/c1-12-36-45(10,56)34-17-16-33(49-58-24-32-15-18-37(46-23-32)51-20-14-19-47-51)25-57-44(9,22-26(3)38(28(34)5)48-31(8)52)41(29(6)39(53)30(7)42(55)60-36)61-43-40(54)35(50(11)13-2)21-27(4)59-43/h14-15,18-20,23,26-30,34-36,40-41,43,54,56H,12-13,16-17,21-22,24-25H2,1-11H3/b48-38+,49-33+/t26-,27-,28-,29+,30-,34-,35+,36-,40-,41-,43+,44-,45+/m1/s1. The minimum absolute atomic E-state index is 0.0588. The molecule has 2 aromatic heterocycles. The third-order valence-corrected chi connectivity index (χ3v) is 13.1. The molecule has 1 amide bonds. The Bertz CT molecular complexity index is 1850. The monoisotopic (exact) mass is 852 g/mol. The van der Waals surface area contributed by atoms with Crippen molar-refractivity contribution in [3.8, 4) is 5.82 Å². The van der Waals surface area contributed by atoms with E-state index in [1.54, 1.807) is 37.1 Å². The van der Waals surface area contributed by atoms with Crippen LogP contribution >= 0.6 is 0 Å². The Balaban J connectivity index is 1.63. The highest BCUT2D eigenvalue weighted by Crippen LogP contribution is 2.42. The molecule has 2 bridgehead atoms. The predicted molar refractivity (Wildman–Crippen MR) is 228 cm³/mol. The first kappa shape index (κ1) is 48.1. The van der Waals surface area contributed by atoms with Crippen molar-refractivity contribution in [1.29, 1.82) is 0 Å². The van der Waals surface area contributed by atoms with Crippen LogP contribution in [0.25, 0.3) is 5.82 Å². The fourth-order valence-corrected chi connectivity index (χ4v) is 9.53. The molecule has 16 heteroatoms. The lowest BCUT2D eigenvalue weighted by Gasteiger charge is -2.48. The molecule has 3 aliphatic heterocycles. The number of esters is 1. The highest BCUT2D eigenvalue weighted by Gasteiger charge is 2.52. The summed E-state index contributed by atoms with van der Waals surface area (Å²) in [5, 5.41) is 33.2. The summed E-state index contributed by atoms with van der Waals surface area (Å²) in [7, 11) is 1.93. The Hall–Kier alpha value is -3.93. The fourth-order valence-electron chi connectivity index (χ4n) is 9.53. The van der Waals surface area contributed by atoms with Crippen molar-refractivity contribution < 1.29 is 48.4 Å². The molecule has 2 aromatic rings. The Morgan fingerprint density at radius 2 is 1.85 bits per heavy atom. The zero-order valence-electron chi connectivity index (χ0n) is 37.8. The van der Waals surface area contributed by atoms with E-state index in [-0.39, 0.29) is 44.6 Å². The number of aliphatic imine (C=N–C) groups is 1. The van der Waals surface area contributed by atoms with Gasteiger partial charge in [0.2, 0.25) is 5.91 Å². The van der Waals surface area contributed by atoms with Gasteiger partial charge in [0.1, 0.15) is 30.3 Å². The number of aliphatic hydroxyl groups is 2. The molecule has 0 aromatic carbocycles. The minimum atomic E-state index is -1.63. The second kappa shape index (κ2) is 20.5. The Morgan fingerprint density at radius 3 is 2.48 bits per heavy atom. The Kier molecular flexibility index (Phi) is 16.2. The van der Waals surface area contributed by atoms with Crippen LogP contribution in [0.1, 0.15) is 107 Å². The largest absolute Gasteiger partial charge is 0.459 e. The van der Waals surface area contributed by atoms with E-state index in [9.17, 15) is 24.6 Å². The molecule has 0 aliphatic carbocycles. The molecule has 2 N–H and O–H groups in total. The SMILES string of the molecule is CC[C@H]1OC(=O)[C@H](C)C(=O)[C@H](C)[C@@H](O[C@@H]2O[C@H](C)C[C@H](N(C)CC)[C@H]2O)[C@@]2(C)C[C@@H](C)/C(=N\C(C)=O)[C@H](C)[C@@H](CC/C(=N\OCc3ccc(-n4cccn4)nc3)CO2)[C@]1(C)O. The second-order valence-electron chi connectivity index (χ2n) is 17.8. The van der Waals surface area contributed by atoms with Gasteiger partial charge in [-0.15, -0.1) is 0 Å². The number of hydrogen-bond donors (Lipinski definition) is 2. The maximum absolute atomic E-state index is 14.6. The van der Waals surface area contributed by atoms with Crippen LogP contribution < -0.4 is 0 Å². The number of rotatable bonds is 9. The maximum Gasteiger partial charge on any atom is 0.316 e. The summed E-state index contributed by atoms with van der Waals surface area (Å²) in [6.45, 7) is 18.4. The molecular weight excluding hydrogens is 785 g/mol. The molecule has 61 heavy (non-hydrogen) atoms. The number of Topliss-reactive ketones (excluding diaryl/α,β-unsaturated/α-hetero) is 1. The van der Waals surface area contributed by atoms with Gasteiger partial charge in [0.25, 0.3) is 0 Å². The average molecular weight is 853 g/mol. The van der Waals surface area contributed by atoms with Crippen molar-refractivity contribution in [3.05, 3.63) is 42.4 Å². The number of amides is 1. The van der Waals surface area contributed by atoms with Crippen LogP contribution in [0.4, 0.5) is 0 Å². The molecule has 16 nitrogen and oxygen atoms in total. The van der Waals surface area contributed by atoms with Crippen LogP contribution in [-0.4, -0.2) is 127 Å². The molecule has 5 rings (SSSR count). The molecule has 0 saturated carbocycles. The number of likely N-dealkylation sites (N-methyl/N-ethyl adjacent to an activating group) is 1. The molecule has 338 valence electrons. The summed E-state index contributed by atoms with van der Waals surface area (Å²) in [5.74, 6) is -4.78. The number of carbonyl (C=O) groups excluding carboxylic acids is 3. The van der Waals surface area contributed by atoms with Crippen LogP contribution in [-0.2, 0) is 44.8 Å². The predicted octanol–water partition coefficient (Wildman–Crippen LogP) is 5.10. The van der Waals surface area contributed by atoms with Gasteiger partial charge < -0.3 is 38.9 Å². The molecule has 13 atom stereocenters. The number of hydrogen-bond acceptors (Lipinski definition) is 14. The lowest BCUT2D eigenvalue weighted by Crippen LogP contribution is -2.60. The van der Waals surface area contributed by atoms with Crippen molar-refractivity contribution in [3.63, 3.8) is 0 Å². The maximum atomic E-state index is 14.6. The van der Waals surface area contributed by atoms with E-state index in [1.165, 1.54) is 13.8 Å². The summed E-state index contributed by atoms with van der Waals surface area (Å²) in [5.41, 5.74) is -1.17. The van der Waals surface area contributed by atoms with Gasteiger partial charge in [-0.2, -0.15) is 5.10 Å². The number of aliphatic hydroxyl groups excluding tert-OH is 1. The molecular formula is C45H68N6O10. The van der Waals surface area contributed by atoms with E-state index >= 15 is 0 Å². The minimum Gasteiger partial charge on any atom is -0.459 e. The third-order valence-electron chi connectivity index (χ3n) is 13.1. The smallest absolute Gasteiger partial charge is 0.316 e. The van der Waals surface area contributed by atoms with E-state index in [1.807, 2.05) is 71.7 Å². The molecule has 3 fully saturated rings. The summed E-state index contributed by atoms with van der Waals surface area (Å²) in [6, 6.07) is 5.23. The van der Waals surface area contributed by atoms with Gasteiger partial charge >= 0.3 is 5.97 Å². The third kappa shape index (κ3) is 11.2. The van der Waals surface area contributed by atoms with Gasteiger partial charge in [-0.1, -0.05) is 45.8 Å². The van der Waals surface area contributed by atoms with Gasteiger partial charge in [0, 0.05) is 54.7 Å². The molecule has 0 radical (unpaired) electrons. The quantitative estimate of drug-likeness (QED) is 0.192. The van der Waals surface area contributed by atoms with Crippen molar-refractivity contribution in [2.75, 3.05) is 20.2 Å². The van der Waals surface area contributed by atoms with E-state index in [2.05, 4.69) is 20.2 Å². The number of carbonyl (C=O) groups is 3. The highest BCUT2D eigenvalue weighted by molar-refractivity contribution is 6.00. The Labute approximate surface area is 360 Å². The zero-order valence-corrected chi connectivity index (χ0v) is 37.8. The molecule has 0 unspecified atom stereocenters. The first-order valence-electron chi connectivity index (χ1n) is 21.8. The highest BCUT2D eigenvalue weighted by atomic mass is 16.7. The molecule has 0 spiro atoms. The summed E-state index contributed by atoms with van der Waals surface area (Å²) in [6.07, 6.45) is 2.14. The normalized spacial score (nSPS) is 37.2. The van der Waals surface area contributed by atoms with Gasteiger partial charge in [-0.25, -0.2) is 14.7 Å². The number of cyclic esters (lactones) is 1. The van der Waals surface area contributed by atoms with Gasteiger partial charge in [-0.3, -0.25) is 14.4 Å². The number of ether oxygens (including phenoxy) is 4. The van der Waals surface area contributed by atoms with Gasteiger partial charge in [0.05, 0.1) is 30.1 Å². The number of ketones is 1. The summed E-state index contributed by atoms with van der Waals surface area (Å²) < 4.78 is 27.9. The zero-order chi connectivity index (χ0) is 44.8. The molecule has 5 heterocycles. The van der Waals surface area contributed by atoms with Crippen molar-refractivity contribution in [1.82, 2.24) is 19.7 Å². The fraction of sp³-hybridized carbons (Fsp3) is 0.711. The number of pyridine rings is 1. The first-order valence-corrected chi connectivity index (χ1v) is 21.8. The second-order valence-corrected chi connectivity index (χ2v) is 17.8. The van der Waals surface area contributed by atoms with Crippen molar-refractivity contribution in [2.24, 2.45) is 39.7 Å². The topological polar surface area (TPSA) is 196 Å². The molecule has 3 saturated heterocycles. The van der Waals surface area contributed by atoms with Crippen molar-refractivity contribution >= 4 is 29.1 Å². The van der Waals surface area contributed by atoms with E-state index in [4.69, 9.17) is 23.8 Å². The number of oxime groups is 1. The van der Waals surface area contributed by atoms with Gasteiger partial charge in [0.15, 0.2) is 17.9 Å². The van der Waals surface area contributed by atoms with Crippen LogP contribution in [0.3, 0.4) is 0 Å². The summed E-state index contributed by atoms with van der Waals surface area (Å²) >= 11 is 0. The van der Waals surface area contributed by atoms with E-state index in [0.717, 1.165) is 5.56 Å². The van der Waals surface area contributed by atoms with Crippen molar-refractivity contribution in [2.45, 2.75) is 156 Å². The van der Waals surface area contributed by atoms with E-state index in [0.29, 0.717) is 36.6 Å². The average Bonchev–Trinajstić information content (AvgIpc) is 3.77. The lowest BCUT2D eigenvalue weighted by atomic mass is 9.68. The lowest BCUT2D eigenvalue weighted by molar-refractivity contribution is -0.296. The van der Waals surface area contributed by atoms with Gasteiger partial charge in [-0.05, 0) is 97.4 Å². The first-order chi connectivity index (χ1) is 28.8. The van der Waals surface area contributed by atoms with Crippen LogP contribution in [0.15, 0.2) is 46.9 Å². The number of aromatic nitrogens is 3. The number of nitrogens with zero attached hydrogens (tertiary/aromatic N) is 6. The van der Waals surface area contributed by atoms with Crippen LogP contribution in [0.5, 0.6) is 0 Å². The summed E-state index contributed by atoms with van der Waals surface area (Å²) in [4.78, 5) is 58.5.